The second kappa shape index (κ2) is 10.7. The van der Waals surface area contributed by atoms with E-state index in [4.69, 9.17) is 9.47 Å². The Morgan fingerprint density at radius 2 is 2.03 bits per heavy atom. The first-order valence-corrected chi connectivity index (χ1v) is 12.6. The van der Waals surface area contributed by atoms with Crippen molar-refractivity contribution in [1.29, 1.82) is 0 Å². The van der Waals surface area contributed by atoms with Crippen LogP contribution in [0.4, 0.5) is 0 Å². The quantitative estimate of drug-likeness (QED) is 0.514. The molecular formula is C25H34N6O3. The summed E-state index contributed by atoms with van der Waals surface area (Å²) in [6, 6.07) is 8.10. The van der Waals surface area contributed by atoms with Crippen molar-refractivity contribution < 1.29 is 9.47 Å². The van der Waals surface area contributed by atoms with Crippen molar-refractivity contribution in [2.75, 3.05) is 19.8 Å². The summed E-state index contributed by atoms with van der Waals surface area (Å²) >= 11 is 0. The third-order valence-corrected chi connectivity index (χ3v) is 6.93. The molecule has 3 aromatic rings. The van der Waals surface area contributed by atoms with Gasteiger partial charge < -0.3 is 14.5 Å². The van der Waals surface area contributed by atoms with Crippen LogP contribution in [0.3, 0.4) is 0 Å². The minimum absolute atomic E-state index is 0.0686. The van der Waals surface area contributed by atoms with E-state index >= 15 is 0 Å². The van der Waals surface area contributed by atoms with Gasteiger partial charge in [-0.15, -0.1) is 5.10 Å². The van der Waals surface area contributed by atoms with Gasteiger partial charge in [0.15, 0.2) is 5.82 Å². The molecule has 5 rings (SSSR count). The third-order valence-electron chi connectivity index (χ3n) is 6.93. The van der Waals surface area contributed by atoms with Crippen molar-refractivity contribution in [3.63, 3.8) is 0 Å². The van der Waals surface area contributed by atoms with Crippen LogP contribution in [0.25, 0.3) is 10.9 Å². The van der Waals surface area contributed by atoms with E-state index in [9.17, 15) is 4.79 Å². The fourth-order valence-corrected chi connectivity index (χ4v) is 5.23. The smallest absolute Gasteiger partial charge is 0.252 e. The van der Waals surface area contributed by atoms with E-state index in [0.717, 1.165) is 66.9 Å². The molecule has 1 aromatic carbocycles. The van der Waals surface area contributed by atoms with Gasteiger partial charge in [-0.2, -0.15) is 0 Å². The van der Waals surface area contributed by atoms with E-state index in [1.807, 2.05) is 35.9 Å². The van der Waals surface area contributed by atoms with Crippen LogP contribution in [-0.2, 0) is 17.8 Å². The second-order valence-corrected chi connectivity index (χ2v) is 9.44. The monoisotopic (exact) mass is 466 g/mol. The van der Waals surface area contributed by atoms with Gasteiger partial charge in [-0.1, -0.05) is 19.3 Å². The highest BCUT2D eigenvalue weighted by atomic mass is 16.5. The first-order valence-electron chi connectivity index (χ1n) is 12.6. The highest BCUT2D eigenvalue weighted by Crippen LogP contribution is 2.28. The number of tetrazole rings is 1. The van der Waals surface area contributed by atoms with E-state index in [1.165, 1.54) is 19.3 Å². The lowest BCUT2D eigenvalue weighted by atomic mass is 9.95. The summed E-state index contributed by atoms with van der Waals surface area (Å²) < 4.78 is 13.6. The van der Waals surface area contributed by atoms with Crippen molar-refractivity contribution in [2.45, 2.75) is 77.1 Å². The summed E-state index contributed by atoms with van der Waals surface area (Å²) in [5.41, 5.74) is 1.46. The van der Waals surface area contributed by atoms with Crippen LogP contribution < -0.4 is 10.3 Å². The Bertz CT molecular complexity index is 1150. The molecule has 182 valence electrons. The molecule has 2 aliphatic rings. The van der Waals surface area contributed by atoms with Gasteiger partial charge in [-0.05, 0) is 67.3 Å². The van der Waals surface area contributed by atoms with Gasteiger partial charge >= 0.3 is 0 Å². The standard InChI is InChI=1S/C25H34N6O3/c1-2-33-21-10-11-23-18(14-21)13-19(25(32)26-23)15-30(16-22-9-6-12-34-22)17-24-27-28-29-31(24)20-7-4-3-5-8-20/h10-11,13-14,20,22H,2-9,12,15-17H2,1H3,(H,26,32)/t22-/m1/s1. The Morgan fingerprint density at radius 3 is 2.82 bits per heavy atom. The number of aromatic amines is 1. The van der Waals surface area contributed by atoms with Gasteiger partial charge in [0.05, 0.1) is 25.3 Å². The Kier molecular flexibility index (Phi) is 7.20. The zero-order chi connectivity index (χ0) is 23.3. The van der Waals surface area contributed by atoms with Gasteiger partial charge in [0.1, 0.15) is 5.75 Å². The summed E-state index contributed by atoms with van der Waals surface area (Å²) in [5.74, 6) is 1.66. The minimum Gasteiger partial charge on any atom is -0.494 e. The molecule has 0 amide bonds. The average Bonchev–Trinajstić information content (AvgIpc) is 3.53. The fraction of sp³-hybridized carbons (Fsp3) is 0.600. The van der Waals surface area contributed by atoms with Crippen molar-refractivity contribution in [3.05, 3.63) is 46.0 Å². The van der Waals surface area contributed by atoms with Crippen LogP contribution >= 0.6 is 0 Å². The van der Waals surface area contributed by atoms with Gasteiger partial charge in [-0.25, -0.2) is 4.68 Å². The van der Waals surface area contributed by atoms with Crippen molar-refractivity contribution in [1.82, 2.24) is 30.1 Å². The molecule has 3 heterocycles. The van der Waals surface area contributed by atoms with Crippen molar-refractivity contribution in [2.24, 2.45) is 0 Å². The zero-order valence-corrected chi connectivity index (χ0v) is 19.9. The number of H-pyrrole nitrogens is 1. The number of ether oxygens (including phenoxy) is 2. The van der Waals surface area contributed by atoms with Gasteiger partial charge in [0, 0.05) is 36.2 Å². The molecule has 34 heavy (non-hydrogen) atoms. The number of hydrogen-bond acceptors (Lipinski definition) is 7. The predicted molar refractivity (Wildman–Crippen MR) is 129 cm³/mol. The lowest BCUT2D eigenvalue weighted by Crippen LogP contribution is -2.34. The topological polar surface area (TPSA) is 98.2 Å². The highest BCUT2D eigenvalue weighted by molar-refractivity contribution is 5.80. The Labute approximate surface area is 199 Å². The maximum Gasteiger partial charge on any atom is 0.252 e. The van der Waals surface area contributed by atoms with E-state index < -0.39 is 0 Å². The van der Waals surface area contributed by atoms with Crippen LogP contribution in [-0.4, -0.2) is 56.0 Å². The Balaban J connectivity index is 1.40. The Morgan fingerprint density at radius 1 is 1.15 bits per heavy atom. The van der Waals surface area contributed by atoms with Crippen LogP contribution in [0.5, 0.6) is 5.75 Å². The van der Waals surface area contributed by atoms with E-state index in [2.05, 4.69) is 25.4 Å². The number of nitrogens with zero attached hydrogens (tertiary/aromatic N) is 5. The number of pyridine rings is 1. The average molecular weight is 467 g/mol. The van der Waals surface area contributed by atoms with Gasteiger partial charge in [0.25, 0.3) is 5.56 Å². The van der Waals surface area contributed by atoms with Crippen LogP contribution in [0.2, 0.25) is 0 Å². The molecule has 1 saturated carbocycles. The van der Waals surface area contributed by atoms with Crippen molar-refractivity contribution in [3.8, 4) is 5.75 Å². The molecule has 0 radical (unpaired) electrons. The molecule has 9 nitrogen and oxygen atoms in total. The molecule has 0 bridgehead atoms. The normalized spacial score (nSPS) is 19.3. The maximum absolute atomic E-state index is 12.9. The molecule has 1 aliphatic carbocycles. The van der Waals surface area contributed by atoms with Crippen molar-refractivity contribution >= 4 is 10.9 Å². The minimum atomic E-state index is -0.0686. The molecule has 9 heteroatoms. The number of fused-ring (bicyclic) bond motifs is 1. The summed E-state index contributed by atoms with van der Waals surface area (Å²) in [5, 5.41) is 13.7. The summed E-state index contributed by atoms with van der Waals surface area (Å²) in [7, 11) is 0. The highest BCUT2D eigenvalue weighted by Gasteiger charge is 2.25. The first-order chi connectivity index (χ1) is 16.7. The summed E-state index contributed by atoms with van der Waals surface area (Å²) in [4.78, 5) is 18.2. The lowest BCUT2D eigenvalue weighted by molar-refractivity contribution is 0.0659. The molecular weight excluding hydrogens is 432 g/mol. The maximum atomic E-state index is 12.9. The van der Waals surface area contributed by atoms with Crippen LogP contribution in [0.15, 0.2) is 29.1 Å². The molecule has 0 unspecified atom stereocenters. The molecule has 1 atom stereocenters. The van der Waals surface area contributed by atoms with Gasteiger partial charge in [-0.3, -0.25) is 9.69 Å². The number of hydrogen-bond donors (Lipinski definition) is 1. The zero-order valence-electron chi connectivity index (χ0n) is 19.9. The van der Waals surface area contributed by atoms with Crippen LogP contribution in [0, 0.1) is 0 Å². The van der Waals surface area contributed by atoms with E-state index in [1.54, 1.807) is 0 Å². The second-order valence-electron chi connectivity index (χ2n) is 9.44. The lowest BCUT2D eigenvalue weighted by Gasteiger charge is -2.27. The number of rotatable bonds is 9. The Hall–Kier alpha value is -2.78. The van der Waals surface area contributed by atoms with E-state index in [-0.39, 0.29) is 11.7 Å². The molecule has 1 saturated heterocycles. The largest absolute Gasteiger partial charge is 0.494 e. The number of aromatic nitrogens is 5. The first kappa shape index (κ1) is 23.0. The summed E-state index contributed by atoms with van der Waals surface area (Å²) in [6.07, 6.45) is 8.26. The molecule has 2 fully saturated rings. The molecule has 1 N–H and O–H groups in total. The van der Waals surface area contributed by atoms with Crippen LogP contribution in [0.1, 0.15) is 69.3 Å². The fourth-order valence-electron chi connectivity index (χ4n) is 5.23. The predicted octanol–water partition coefficient (Wildman–Crippen LogP) is 3.60. The number of nitrogens with one attached hydrogen (secondary N) is 1. The molecule has 1 aliphatic heterocycles. The molecule has 0 spiro atoms. The summed E-state index contributed by atoms with van der Waals surface area (Å²) in [6.45, 7) is 5.20. The third kappa shape index (κ3) is 5.31. The SMILES string of the molecule is CCOc1ccc2[nH]c(=O)c(CN(Cc3nnnn3C3CCCCC3)C[C@H]3CCCO3)cc2c1. The number of benzene rings is 1. The molecule has 2 aromatic heterocycles. The van der Waals surface area contributed by atoms with Gasteiger partial charge in [0.2, 0.25) is 0 Å². The van der Waals surface area contributed by atoms with E-state index in [0.29, 0.717) is 25.7 Å².